The van der Waals surface area contributed by atoms with Gasteiger partial charge in [0.1, 0.15) is 5.82 Å². The number of hydrogen-bond donors (Lipinski definition) is 1. The van der Waals surface area contributed by atoms with Gasteiger partial charge >= 0.3 is 0 Å². The predicted molar refractivity (Wildman–Crippen MR) is 105 cm³/mol. The smallest absolute Gasteiger partial charge is 0.223 e. The van der Waals surface area contributed by atoms with E-state index in [-0.39, 0.29) is 11.8 Å². The van der Waals surface area contributed by atoms with Gasteiger partial charge in [-0.2, -0.15) is 4.52 Å². The van der Waals surface area contributed by atoms with Crippen molar-refractivity contribution < 1.29 is 4.79 Å². The second kappa shape index (κ2) is 8.06. The molecule has 0 spiro atoms. The molecule has 0 radical (unpaired) electrons. The van der Waals surface area contributed by atoms with E-state index in [2.05, 4.69) is 31.6 Å². The fraction of sp³-hybridized carbons (Fsp3) is 0.600. The zero-order chi connectivity index (χ0) is 18.6. The summed E-state index contributed by atoms with van der Waals surface area (Å²) in [5, 5.41) is 15.9. The summed E-state index contributed by atoms with van der Waals surface area (Å²) in [4.78, 5) is 14.7. The third kappa shape index (κ3) is 4.12. The number of amides is 1. The fourth-order valence-electron chi connectivity index (χ4n) is 4.05. The van der Waals surface area contributed by atoms with E-state index in [0.29, 0.717) is 0 Å². The molecule has 7 heteroatoms. The Bertz CT molecular complexity index is 834. The third-order valence-corrected chi connectivity index (χ3v) is 5.72. The normalized spacial score (nSPS) is 18.6. The number of aromatic nitrogens is 4. The molecule has 0 aromatic carbocycles. The first-order valence-corrected chi connectivity index (χ1v) is 10.1. The molecule has 1 N–H and O–H groups in total. The Morgan fingerprint density at radius 3 is 2.85 bits per heavy atom. The van der Waals surface area contributed by atoms with E-state index in [1.165, 1.54) is 31.3 Å². The Morgan fingerprint density at radius 2 is 2.07 bits per heavy atom. The van der Waals surface area contributed by atoms with Gasteiger partial charge in [-0.3, -0.25) is 4.79 Å². The summed E-state index contributed by atoms with van der Waals surface area (Å²) >= 11 is 0. The highest BCUT2D eigenvalue weighted by molar-refractivity contribution is 5.79. The second-order valence-corrected chi connectivity index (χ2v) is 7.62. The molecule has 144 valence electrons. The lowest BCUT2D eigenvalue weighted by Crippen LogP contribution is -2.41. The highest BCUT2D eigenvalue weighted by Crippen LogP contribution is 2.23. The van der Waals surface area contributed by atoms with Crippen LogP contribution >= 0.6 is 0 Å². The number of anilines is 1. The summed E-state index contributed by atoms with van der Waals surface area (Å²) in [6.45, 7) is 4.37. The zero-order valence-electron chi connectivity index (χ0n) is 16.0. The Balaban J connectivity index is 1.27. The first kappa shape index (κ1) is 17.9. The molecule has 0 unspecified atom stereocenters. The number of carbonyl (C=O) groups excluding carboxylic acids is 1. The van der Waals surface area contributed by atoms with Gasteiger partial charge in [0, 0.05) is 25.6 Å². The van der Waals surface area contributed by atoms with E-state index in [4.69, 9.17) is 0 Å². The lowest BCUT2D eigenvalue weighted by molar-refractivity contribution is -0.125. The molecular weight excluding hydrogens is 340 g/mol. The molecule has 2 aromatic rings. The molecule has 0 saturated carbocycles. The van der Waals surface area contributed by atoms with Crippen molar-refractivity contribution in [2.75, 3.05) is 24.5 Å². The van der Waals surface area contributed by atoms with E-state index < -0.39 is 0 Å². The number of aryl methyl sites for hydroxylation is 1. The largest absolute Gasteiger partial charge is 0.356 e. The van der Waals surface area contributed by atoms with Gasteiger partial charge < -0.3 is 10.2 Å². The molecule has 1 saturated heterocycles. The second-order valence-electron chi connectivity index (χ2n) is 7.62. The highest BCUT2D eigenvalue weighted by atomic mass is 16.1. The number of carbonyl (C=O) groups is 1. The Hall–Kier alpha value is -2.44. The van der Waals surface area contributed by atoms with E-state index in [1.54, 1.807) is 4.52 Å². The predicted octanol–water partition coefficient (Wildman–Crippen LogP) is 2.66. The van der Waals surface area contributed by atoms with Crippen LogP contribution in [0.5, 0.6) is 0 Å². The van der Waals surface area contributed by atoms with Crippen molar-refractivity contribution in [1.29, 1.82) is 0 Å². The maximum atomic E-state index is 12.5. The number of rotatable bonds is 5. The number of piperidine rings is 1. The molecule has 1 aliphatic carbocycles. The first-order valence-electron chi connectivity index (χ1n) is 10.1. The van der Waals surface area contributed by atoms with Crippen molar-refractivity contribution in [1.82, 2.24) is 25.1 Å². The first-order chi connectivity index (χ1) is 13.2. The Morgan fingerprint density at radius 1 is 1.22 bits per heavy atom. The van der Waals surface area contributed by atoms with Gasteiger partial charge in [-0.1, -0.05) is 11.6 Å². The average molecular weight is 368 g/mol. The summed E-state index contributed by atoms with van der Waals surface area (Å²) in [5.41, 5.74) is 2.28. The maximum absolute atomic E-state index is 12.5. The third-order valence-electron chi connectivity index (χ3n) is 5.72. The van der Waals surface area contributed by atoms with Gasteiger partial charge in [0.2, 0.25) is 5.91 Å². The van der Waals surface area contributed by atoms with Crippen molar-refractivity contribution >= 4 is 17.4 Å². The van der Waals surface area contributed by atoms with Crippen LogP contribution in [0.2, 0.25) is 0 Å². The molecule has 2 aromatic heterocycles. The van der Waals surface area contributed by atoms with E-state index in [0.717, 1.165) is 56.2 Å². The van der Waals surface area contributed by atoms with E-state index in [9.17, 15) is 4.79 Å². The summed E-state index contributed by atoms with van der Waals surface area (Å²) in [7, 11) is 0. The van der Waals surface area contributed by atoms with E-state index >= 15 is 0 Å². The van der Waals surface area contributed by atoms with Gasteiger partial charge in [0.25, 0.3) is 0 Å². The van der Waals surface area contributed by atoms with Crippen molar-refractivity contribution in [3.63, 3.8) is 0 Å². The summed E-state index contributed by atoms with van der Waals surface area (Å²) in [5.74, 6) is 2.04. The van der Waals surface area contributed by atoms with E-state index in [1.807, 2.05) is 19.1 Å². The minimum Gasteiger partial charge on any atom is -0.356 e. The SMILES string of the molecule is Cc1nnc2ccc(N3CCC(C(=O)NCCC4=CCCCC4)CC3)nn12. The molecule has 27 heavy (non-hydrogen) atoms. The molecule has 3 heterocycles. The molecule has 0 bridgehead atoms. The summed E-state index contributed by atoms with van der Waals surface area (Å²) < 4.78 is 1.77. The maximum Gasteiger partial charge on any atom is 0.223 e. The van der Waals surface area contributed by atoms with Crippen molar-refractivity contribution in [3.05, 3.63) is 29.6 Å². The zero-order valence-corrected chi connectivity index (χ0v) is 16.0. The van der Waals surface area contributed by atoms with Crippen LogP contribution < -0.4 is 10.2 Å². The summed E-state index contributed by atoms with van der Waals surface area (Å²) in [6.07, 6.45) is 10.1. The van der Waals surface area contributed by atoms with Crippen molar-refractivity contribution in [2.24, 2.45) is 5.92 Å². The number of fused-ring (bicyclic) bond motifs is 1. The van der Waals surface area contributed by atoms with Crippen LogP contribution in [0.25, 0.3) is 5.65 Å². The van der Waals surface area contributed by atoms with Crippen LogP contribution in [0.1, 0.15) is 50.8 Å². The molecule has 4 rings (SSSR count). The minimum absolute atomic E-state index is 0.113. The number of allylic oxidation sites excluding steroid dienone is 1. The van der Waals surface area contributed by atoms with Gasteiger partial charge in [-0.25, -0.2) is 0 Å². The van der Waals surface area contributed by atoms with Crippen LogP contribution in [0.15, 0.2) is 23.8 Å². The van der Waals surface area contributed by atoms with Crippen molar-refractivity contribution in [2.45, 2.75) is 51.9 Å². The highest BCUT2D eigenvalue weighted by Gasteiger charge is 2.25. The lowest BCUT2D eigenvalue weighted by Gasteiger charge is -2.32. The molecule has 0 atom stereocenters. The average Bonchev–Trinajstić information content (AvgIpc) is 3.09. The summed E-state index contributed by atoms with van der Waals surface area (Å²) in [6, 6.07) is 3.93. The molecular formula is C20H28N6O. The van der Waals surface area contributed by atoms with Crippen LogP contribution in [0.3, 0.4) is 0 Å². The molecule has 1 amide bonds. The standard InChI is InChI=1S/C20H28N6O/c1-15-22-23-18-7-8-19(24-26(15)18)25-13-10-17(11-14-25)20(27)21-12-9-16-5-3-2-4-6-16/h5,7-8,17H,2-4,6,9-14H2,1H3,(H,21,27). The van der Waals surface area contributed by atoms with Gasteiger partial charge in [-0.15, -0.1) is 15.3 Å². The van der Waals surface area contributed by atoms with Crippen LogP contribution in [0, 0.1) is 12.8 Å². The number of nitrogens with zero attached hydrogens (tertiary/aromatic N) is 5. The minimum atomic E-state index is 0.113. The fourth-order valence-corrected chi connectivity index (χ4v) is 4.05. The van der Waals surface area contributed by atoms with Gasteiger partial charge in [0.05, 0.1) is 0 Å². The Labute approximate surface area is 159 Å². The molecule has 1 aliphatic heterocycles. The molecule has 7 nitrogen and oxygen atoms in total. The van der Waals surface area contributed by atoms with Crippen LogP contribution in [-0.2, 0) is 4.79 Å². The van der Waals surface area contributed by atoms with Crippen molar-refractivity contribution in [3.8, 4) is 0 Å². The topological polar surface area (TPSA) is 75.4 Å². The van der Waals surface area contributed by atoms with Gasteiger partial charge in [0.15, 0.2) is 11.5 Å². The van der Waals surface area contributed by atoms with Crippen LogP contribution in [0.4, 0.5) is 5.82 Å². The molecule has 2 aliphatic rings. The monoisotopic (exact) mass is 368 g/mol. The number of nitrogens with one attached hydrogen (secondary N) is 1. The number of hydrogen-bond acceptors (Lipinski definition) is 5. The Kier molecular flexibility index (Phi) is 5.36. The lowest BCUT2D eigenvalue weighted by atomic mass is 9.95. The van der Waals surface area contributed by atoms with Gasteiger partial charge in [-0.05, 0) is 64.0 Å². The molecule has 1 fully saturated rings. The quantitative estimate of drug-likeness (QED) is 0.821. The van der Waals surface area contributed by atoms with Crippen LogP contribution in [-0.4, -0.2) is 45.4 Å².